The lowest BCUT2D eigenvalue weighted by Crippen LogP contribution is -2.10. The molecule has 0 amide bonds. The molecule has 0 aliphatic rings. The fourth-order valence-corrected chi connectivity index (χ4v) is 0.805. The molecule has 6 heteroatoms. The lowest BCUT2D eigenvalue weighted by molar-refractivity contribution is 0.288. The van der Waals surface area contributed by atoms with E-state index in [2.05, 4.69) is 0 Å². The standard InChI is InChI=1S/C4H12O4P.H3P/c5-1-9(2-6,3-7)4-8;/h5-8H,1-4H2;1H3/q+1;. The van der Waals surface area contributed by atoms with E-state index in [4.69, 9.17) is 20.4 Å². The lowest BCUT2D eigenvalue weighted by Gasteiger charge is -2.15. The number of rotatable bonds is 4. The zero-order chi connectivity index (χ0) is 7.33. The summed E-state index contributed by atoms with van der Waals surface area (Å²) in [6, 6.07) is 0. The van der Waals surface area contributed by atoms with Crippen molar-refractivity contribution in [3.63, 3.8) is 0 Å². The third-order valence-corrected chi connectivity index (χ3v) is 3.60. The Morgan fingerprint density at radius 1 is 0.700 bits per heavy atom. The summed E-state index contributed by atoms with van der Waals surface area (Å²) in [6.45, 7) is 0. The van der Waals surface area contributed by atoms with Crippen molar-refractivity contribution < 1.29 is 20.4 Å². The maximum Gasteiger partial charge on any atom is 0.161 e. The van der Waals surface area contributed by atoms with E-state index in [0.29, 0.717) is 0 Å². The monoisotopic (exact) mass is 189 g/mol. The molecule has 0 aromatic heterocycles. The SMILES string of the molecule is OC[P+](CO)(CO)CO.P. The summed E-state index contributed by atoms with van der Waals surface area (Å²) >= 11 is 0. The van der Waals surface area contributed by atoms with E-state index in [9.17, 15) is 0 Å². The molecule has 0 saturated carbocycles. The molecular formula is C4H15O4P2+. The summed E-state index contributed by atoms with van der Waals surface area (Å²) in [7, 11) is -2.20. The predicted molar refractivity (Wildman–Crippen MR) is 46.4 cm³/mol. The van der Waals surface area contributed by atoms with Crippen LogP contribution in [-0.2, 0) is 0 Å². The van der Waals surface area contributed by atoms with Gasteiger partial charge in [-0.05, 0) is 0 Å². The van der Waals surface area contributed by atoms with E-state index in [0.717, 1.165) is 0 Å². The van der Waals surface area contributed by atoms with Crippen LogP contribution in [0, 0.1) is 0 Å². The van der Waals surface area contributed by atoms with Crippen LogP contribution in [0.5, 0.6) is 0 Å². The van der Waals surface area contributed by atoms with E-state index in [1.165, 1.54) is 0 Å². The first-order chi connectivity index (χ1) is 4.24. The molecule has 0 bridgehead atoms. The van der Waals surface area contributed by atoms with Crippen molar-refractivity contribution in [3.8, 4) is 0 Å². The Hall–Kier alpha value is 0.700. The lowest BCUT2D eigenvalue weighted by atomic mass is 11.6. The summed E-state index contributed by atoms with van der Waals surface area (Å²) in [5.74, 6) is 0. The first-order valence-electron chi connectivity index (χ1n) is 2.53. The molecule has 0 radical (unpaired) electrons. The first-order valence-corrected chi connectivity index (χ1v) is 5.06. The Morgan fingerprint density at radius 3 is 0.900 bits per heavy atom. The van der Waals surface area contributed by atoms with E-state index in [1.807, 2.05) is 0 Å². The molecule has 10 heavy (non-hydrogen) atoms. The molecule has 0 spiro atoms. The fourth-order valence-electron chi connectivity index (χ4n) is 0.268. The highest BCUT2D eigenvalue weighted by Crippen LogP contribution is 2.54. The minimum atomic E-state index is -2.20. The molecule has 4 nitrogen and oxygen atoms in total. The van der Waals surface area contributed by atoms with Crippen molar-refractivity contribution in [2.24, 2.45) is 0 Å². The normalized spacial score (nSPS) is 10.8. The van der Waals surface area contributed by atoms with Crippen molar-refractivity contribution in [2.75, 3.05) is 25.4 Å². The molecule has 0 aliphatic heterocycles. The summed E-state index contributed by atoms with van der Waals surface area (Å²) in [5.41, 5.74) is 0. The van der Waals surface area contributed by atoms with Crippen LogP contribution < -0.4 is 0 Å². The van der Waals surface area contributed by atoms with Gasteiger partial charge in [-0.2, -0.15) is 9.90 Å². The van der Waals surface area contributed by atoms with Gasteiger partial charge in [0.2, 0.25) is 0 Å². The van der Waals surface area contributed by atoms with Gasteiger partial charge in [0.1, 0.15) is 7.26 Å². The van der Waals surface area contributed by atoms with Crippen molar-refractivity contribution in [1.29, 1.82) is 0 Å². The van der Waals surface area contributed by atoms with Gasteiger partial charge in [0, 0.05) is 0 Å². The van der Waals surface area contributed by atoms with E-state index in [1.54, 1.807) is 0 Å². The molecule has 0 saturated heterocycles. The van der Waals surface area contributed by atoms with Crippen LogP contribution in [-0.4, -0.2) is 45.8 Å². The fraction of sp³-hybridized carbons (Fsp3) is 1.00. The van der Waals surface area contributed by atoms with E-state index >= 15 is 0 Å². The van der Waals surface area contributed by atoms with Crippen LogP contribution in [0.4, 0.5) is 0 Å². The average molecular weight is 189 g/mol. The summed E-state index contributed by atoms with van der Waals surface area (Å²) in [4.78, 5) is 0. The van der Waals surface area contributed by atoms with Gasteiger partial charge in [-0.3, -0.25) is 0 Å². The zero-order valence-electron chi connectivity index (χ0n) is 5.77. The van der Waals surface area contributed by atoms with Crippen molar-refractivity contribution >= 4 is 17.2 Å². The van der Waals surface area contributed by atoms with Gasteiger partial charge >= 0.3 is 0 Å². The summed E-state index contributed by atoms with van der Waals surface area (Å²) in [5, 5.41) is 34.2. The molecule has 0 aliphatic carbocycles. The second kappa shape index (κ2) is 6.41. The molecule has 1 unspecified atom stereocenters. The first kappa shape index (κ1) is 13.3. The van der Waals surface area contributed by atoms with Gasteiger partial charge in [-0.25, -0.2) is 0 Å². The van der Waals surface area contributed by atoms with Crippen molar-refractivity contribution in [1.82, 2.24) is 0 Å². The Labute approximate surface area is 63.8 Å². The number of hydrogen-bond acceptors (Lipinski definition) is 4. The van der Waals surface area contributed by atoms with Gasteiger partial charge in [0.05, 0.1) is 0 Å². The minimum absolute atomic E-state index is 0. The maximum atomic E-state index is 8.55. The van der Waals surface area contributed by atoms with Crippen LogP contribution in [0.25, 0.3) is 0 Å². The highest BCUT2D eigenvalue weighted by Gasteiger charge is 2.34. The van der Waals surface area contributed by atoms with Crippen LogP contribution >= 0.6 is 17.2 Å². The molecule has 64 valence electrons. The Bertz CT molecular complexity index is 58.1. The third kappa shape index (κ3) is 3.20. The number of aliphatic hydroxyl groups excluding tert-OH is 4. The second-order valence-electron chi connectivity index (χ2n) is 1.91. The van der Waals surface area contributed by atoms with Gasteiger partial charge in [0.25, 0.3) is 0 Å². The molecule has 0 rings (SSSR count). The second-order valence-corrected chi connectivity index (χ2v) is 5.72. The highest BCUT2D eigenvalue weighted by molar-refractivity contribution is 7.75. The van der Waals surface area contributed by atoms with Crippen LogP contribution in [0.1, 0.15) is 0 Å². The predicted octanol–water partition coefficient (Wildman–Crippen LogP) is -1.14. The Morgan fingerprint density at radius 2 is 0.900 bits per heavy atom. The quantitative estimate of drug-likeness (QED) is 0.421. The Kier molecular flexibility index (Phi) is 8.53. The maximum absolute atomic E-state index is 8.55. The summed E-state index contributed by atoms with van der Waals surface area (Å²) < 4.78 is 0. The number of aliphatic hydroxyl groups is 4. The van der Waals surface area contributed by atoms with Crippen LogP contribution in [0.2, 0.25) is 0 Å². The molecule has 1 atom stereocenters. The van der Waals surface area contributed by atoms with Crippen LogP contribution in [0.3, 0.4) is 0 Å². The Balaban J connectivity index is 0. The molecule has 4 N–H and O–H groups in total. The topological polar surface area (TPSA) is 80.9 Å². The molecular weight excluding hydrogens is 174 g/mol. The van der Waals surface area contributed by atoms with Gasteiger partial charge < -0.3 is 20.4 Å². The zero-order valence-corrected chi connectivity index (χ0v) is 8.08. The highest BCUT2D eigenvalue weighted by atomic mass is 31.2. The van der Waals surface area contributed by atoms with Gasteiger partial charge in [0.15, 0.2) is 25.4 Å². The van der Waals surface area contributed by atoms with Gasteiger partial charge in [-0.1, -0.05) is 0 Å². The minimum Gasteiger partial charge on any atom is -0.361 e. The van der Waals surface area contributed by atoms with Crippen molar-refractivity contribution in [3.05, 3.63) is 0 Å². The summed E-state index contributed by atoms with van der Waals surface area (Å²) in [6.07, 6.45) is -1.18. The molecule has 0 heterocycles. The van der Waals surface area contributed by atoms with Crippen molar-refractivity contribution in [2.45, 2.75) is 0 Å². The molecule has 0 fully saturated rings. The van der Waals surface area contributed by atoms with Gasteiger partial charge in [-0.15, -0.1) is 0 Å². The molecule has 0 aromatic carbocycles. The largest absolute Gasteiger partial charge is 0.361 e. The average Bonchev–Trinajstić information content (AvgIpc) is 1.95. The number of hydrogen-bond donors (Lipinski definition) is 4. The molecule has 0 aromatic rings. The van der Waals surface area contributed by atoms with E-state index in [-0.39, 0.29) is 35.3 Å². The third-order valence-electron chi connectivity index (χ3n) is 1.20. The van der Waals surface area contributed by atoms with E-state index < -0.39 is 7.26 Å². The smallest absolute Gasteiger partial charge is 0.161 e. The van der Waals surface area contributed by atoms with Crippen LogP contribution in [0.15, 0.2) is 0 Å².